The number of hydrogen-bond donors (Lipinski definition) is 0. The number of hydrogen-bond acceptors (Lipinski definition) is 7. The highest BCUT2D eigenvalue weighted by Gasteiger charge is 2.37. The van der Waals surface area contributed by atoms with Gasteiger partial charge in [-0.05, 0) is 257 Å². The normalized spacial score (nSPS) is 18.5. The number of Topliss-reactive ketones (excluding diaryl/α,β-unsaturated/α-hetero) is 2. The fraction of sp³-hybridized carbons (Fsp3) is 0.656. The second-order valence-electron chi connectivity index (χ2n) is 30.6. The minimum absolute atomic E-state index is 0.218. The predicted octanol–water partition coefficient (Wildman–Crippen LogP) is 26.6. The lowest BCUT2D eigenvalue weighted by Crippen LogP contribution is -2.34. The van der Waals surface area contributed by atoms with Crippen LogP contribution in [0.15, 0.2) is 142 Å². The van der Waals surface area contributed by atoms with Gasteiger partial charge in [0.25, 0.3) is 0 Å². The maximum absolute atomic E-state index is 11.6. The van der Waals surface area contributed by atoms with Gasteiger partial charge >= 0.3 is 0 Å². The maximum atomic E-state index is 11.6. The summed E-state index contributed by atoms with van der Waals surface area (Å²) in [6.07, 6.45) is 59.7. The molecule has 0 amide bonds. The molecule has 0 spiro atoms. The highest BCUT2D eigenvalue weighted by molar-refractivity contribution is 5.91. The van der Waals surface area contributed by atoms with Crippen LogP contribution in [0.1, 0.15) is 346 Å². The molecule has 0 N–H and O–H groups in total. The Kier molecular flexibility index (Phi) is 60.0. The van der Waals surface area contributed by atoms with Crippen molar-refractivity contribution in [2.45, 2.75) is 346 Å². The van der Waals surface area contributed by atoms with Crippen LogP contribution in [-0.4, -0.2) is 41.0 Å². The van der Waals surface area contributed by atoms with Crippen molar-refractivity contribution in [2.75, 3.05) is 0 Å². The minimum atomic E-state index is 0.218. The third-order valence-corrected chi connectivity index (χ3v) is 18.1. The summed E-state index contributed by atoms with van der Waals surface area (Å²) in [7, 11) is 0. The van der Waals surface area contributed by atoms with Crippen LogP contribution in [0, 0.1) is 39.9 Å². The SMILES string of the molecule is CC(C)=CCCC(C)=CC=O.CCCC(=O)/C=C/C1C(C)=CCCC1(C)C.CCCC(=O)C=CC1C(C)=CCCC1(C)C.CCCC(=O)C=CC=C(C)CCC=C(C)C.CCCC(=O)C=CC=C(C)CCC=C(C)C.CCCC(=O)CCC1C(C)CCCC1(C)C.CCCC(C)=O. The molecule has 0 aromatic heterocycles. The van der Waals surface area contributed by atoms with E-state index in [1.54, 1.807) is 37.3 Å². The summed E-state index contributed by atoms with van der Waals surface area (Å²) in [4.78, 5) is 77.1. The van der Waals surface area contributed by atoms with Crippen LogP contribution in [-0.2, 0) is 33.6 Å². The third kappa shape index (κ3) is 57.1. The van der Waals surface area contributed by atoms with Gasteiger partial charge in [0.1, 0.15) is 17.9 Å². The summed E-state index contributed by atoms with van der Waals surface area (Å²) in [5.41, 5.74) is 11.7. The Hall–Kier alpha value is -5.43. The van der Waals surface area contributed by atoms with E-state index in [4.69, 9.17) is 0 Å². The van der Waals surface area contributed by atoms with Gasteiger partial charge in [0.15, 0.2) is 23.1 Å². The second-order valence-corrected chi connectivity index (χ2v) is 30.6. The first-order valence-electron chi connectivity index (χ1n) is 38.0. The van der Waals surface area contributed by atoms with E-state index in [-0.39, 0.29) is 28.9 Å². The molecule has 0 bridgehead atoms. The van der Waals surface area contributed by atoms with Crippen molar-refractivity contribution >= 4 is 41.0 Å². The number of rotatable bonds is 33. The lowest BCUT2D eigenvalue weighted by molar-refractivity contribution is -0.120. The molecule has 0 aromatic carbocycles. The van der Waals surface area contributed by atoms with Gasteiger partial charge in [-0.1, -0.05) is 214 Å². The van der Waals surface area contributed by atoms with E-state index in [0.717, 1.165) is 126 Å². The number of carbonyl (C=O) groups excluding carboxylic acids is 7. The Bertz CT molecular complexity index is 2490. The summed E-state index contributed by atoms with van der Waals surface area (Å²) in [5.74, 6) is 4.14. The van der Waals surface area contributed by atoms with Crippen LogP contribution in [0.4, 0.5) is 0 Å². The fourth-order valence-electron chi connectivity index (χ4n) is 12.2. The van der Waals surface area contributed by atoms with Crippen molar-refractivity contribution < 1.29 is 33.6 Å². The average molecular weight is 1340 g/mol. The van der Waals surface area contributed by atoms with Crippen LogP contribution < -0.4 is 0 Å². The fourth-order valence-corrected chi connectivity index (χ4v) is 12.2. The Balaban J connectivity index is -0.000000527. The first-order chi connectivity index (χ1) is 45.5. The third-order valence-electron chi connectivity index (χ3n) is 18.1. The average Bonchev–Trinajstić information content (AvgIpc) is 0.843. The molecule has 1 saturated carbocycles. The van der Waals surface area contributed by atoms with Crippen molar-refractivity contribution in [3.05, 3.63) is 142 Å². The van der Waals surface area contributed by atoms with Gasteiger partial charge < -0.3 is 4.79 Å². The number of ketones is 6. The molecule has 7 heteroatoms. The number of allylic oxidation sites excluding steroid dienone is 24. The zero-order chi connectivity index (χ0) is 75.0. The molecule has 0 heterocycles. The van der Waals surface area contributed by atoms with Crippen molar-refractivity contribution in [2.24, 2.45) is 39.9 Å². The van der Waals surface area contributed by atoms with Gasteiger partial charge in [0.2, 0.25) is 0 Å². The van der Waals surface area contributed by atoms with Gasteiger partial charge in [-0.3, -0.25) is 28.8 Å². The topological polar surface area (TPSA) is 119 Å². The second kappa shape index (κ2) is 59.4. The molecule has 1 fully saturated rings. The molecule has 3 aliphatic carbocycles. The van der Waals surface area contributed by atoms with Crippen molar-refractivity contribution in [3.63, 3.8) is 0 Å². The Morgan fingerprint density at radius 3 is 1.06 bits per heavy atom. The molecule has 4 unspecified atom stereocenters. The molecule has 3 rings (SSSR count). The molecule has 0 radical (unpaired) electrons. The highest BCUT2D eigenvalue weighted by Crippen LogP contribution is 2.46. The van der Waals surface area contributed by atoms with E-state index in [1.807, 2.05) is 65.8 Å². The molecule has 97 heavy (non-hydrogen) atoms. The van der Waals surface area contributed by atoms with Crippen LogP contribution in [0.2, 0.25) is 0 Å². The van der Waals surface area contributed by atoms with E-state index in [0.29, 0.717) is 59.5 Å². The van der Waals surface area contributed by atoms with Crippen molar-refractivity contribution in [3.8, 4) is 0 Å². The Morgan fingerprint density at radius 2 is 0.773 bits per heavy atom. The number of aldehydes is 1. The van der Waals surface area contributed by atoms with Gasteiger partial charge in [0.05, 0.1) is 0 Å². The maximum Gasteiger partial charge on any atom is 0.155 e. The standard InChI is InChI=1S/C15H28O.4C15H24O.C10H16O.C5H10O/c3*1-5-7-13(16)9-10-14-12(2)8-6-11-15(14,3)4;2*1-5-8-15(16)12-7-11-14(4)10-6-9-13(2)3;1-9(2)5-4-6-10(3)7-8-11;1-3-4-5(2)6/h12,14H,5-11H2,1-4H3;2*8-10,14H,5-7,11H2,1-4H3;2*7,9,11-12H,5-6,8,10H2,1-4H3;5,7-8H,4,6H2,1-3H3;3-4H2,1-2H3/b;10-9+;;;;;. The van der Waals surface area contributed by atoms with Gasteiger partial charge in [0, 0.05) is 56.8 Å². The lowest BCUT2D eigenvalue weighted by atomic mass is 9.62. The van der Waals surface area contributed by atoms with Crippen LogP contribution in [0.25, 0.3) is 0 Å². The number of carbonyl (C=O) groups is 7. The molecule has 0 aromatic rings. The zero-order valence-corrected chi connectivity index (χ0v) is 67.6. The van der Waals surface area contributed by atoms with Gasteiger partial charge in [-0.25, -0.2) is 0 Å². The monoisotopic (exact) mass is 1340 g/mol. The van der Waals surface area contributed by atoms with Crippen LogP contribution in [0.5, 0.6) is 0 Å². The molecule has 552 valence electrons. The Labute approximate surface area is 599 Å². The van der Waals surface area contributed by atoms with Crippen molar-refractivity contribution in [1.29, 1.82) is 0 Å². The molecule has 0 aliphatic heterocycles. The van der Waals surface area contributed by atoms with E-state index >= 15 is 0 Å². The molecule has 7 nitrogen and oxygen atoms in total. The summed E-state index contributed by atoms with van der Waals surface area (Å²) in [6, 6.07) is 0. The first-order valence-corrected chi connectivity index (χ1v) is 38.0. The van der Waals surface area contributed by atoms with Gasteiger partial charge in [-0.15, -0.1) is 0 Å². The largest absolute Gasteiger partial charge is 0.300 e. The van der Waals surface area contributed by atoms with E-state index in [1.165, 1.54) is 84.0 Å². The van der Waals surface area contributed by atoms with Crippen LogP contribution >= 0.6 is 0 Å². The summed E-state index contributed by atoms with van der Waals surface area (Å²) < 4.78 is 0. The molecular formula is C90H150O7. The molecule has 3 aliphatic rings. The summed E-state index contributed by atoms with van der Waals surface area (Å²) in [5, 5.41) is 0. The van der Waals surface area contributed by atoms with Gasteiger partial charge in [-0.2, -0.15) is 0 Å². The van der Waals surface area contributed by atoms with E-state index in [2.05, 4.69) is 167 Å². The molecule has 0 saturated heterocycles. The molecule has 4 atom stereocenters. The summed E-state index contributed by atoms with van der Waals surface area (Å²) in [6.45, 7) is 53.3. The smallest absolute Gasteiger partial charge is 0.155 e. The van der Waals surface area contributed by atoms with E-state index in [9.17, 15) is 33.6 Å². The first kappa shape index (κ1) is 98.0. The summed E-state index contributed by atoms with van der Waals surface area (Å²) >= 11 is 0. The lowest BCUT2D eigenvalue weighted by Gasteiger charge is -2.43. The van der Waals surface area contributed by atoms with Crippen molar-refractivity contribution in [1.82, 2.24) is 0 Å². The minimum Gasteiger partial charge on any atom is -0.300 e. The zero-order valence-electron chi connectivity index (χ0n) is 67.6. The highest BCUT2D eigenvalue weighted by atomic mass is 16.1. The Morgan fingerprint density at radius 1 is 0.433 bits per heavy atom. The van der Waals surface area contributed by atoms with E-state index < -0.39 is 0 Å². The predicted molar refractivity (Wildman–Crippen MR) is 425 cm³/mol. The molecular weight excluding hydrogens is 1190 g/mol. The quantitative estimate of drug-likeness (QED) is 0.0278. The van der Waals surface area contributed by atoms with Crippen LogP contribution in [0.3, 0.4) is 0 Å².